The molecule has 1 unspecified atom stereocenters. The molecule has 0 saturated carbocycles. The number of hydrogen-bond acceptors (Lipinski definition) is 10. The number of nitrogens with one attached hydrogen (secondary N) is 1. The molecule has 11 nitrogen and oxygen atoms in total. The predicted octanol–water partition coefficient (Wildman–Crippen LogP) is 8.92. The van der Waals surface area contributed by atoms with Gasteiger partial charge in [-0.3, -0.25) is 4.79 Å². The van der Waals surface area contributed by atoms with Gasteiger partial charge in [0.15, 0.2) is 6.29 Å². The average Bonchev–Trinajstić information content (AvgIpc) is 3.25. The van der Waals surface area contributed by atoms with Crippen molar-refractivity contribution in [2.45, 2.75) is 288 Å². The topological polar surface area (TPSA) is 189 Å². The standard InChI is InChI=1S/C49H97NO10/c1-4-6-7-8-9-10-11-12-13-14-15-16-17-18-19-20-23-27-30-33-36-42(53)48(58)50-40(38-59-49-47(57)46(56)45(55)43(37-51)60-49)44(54)41(52)35-32-29-26-24-21-22-25-28-31-34-39(3)5-2/h39-47,49,51-57H,4-38H2,1-3H3,(H,50,58)/t39?,40-,41+,42+,43+,44-,45-,46-,47+,49+/m0/s1. The van der Waals surface area contributed by atoms with Gasteiger partial charge in [0, 0.05) is 0 Å². The van der Waals surface area contributed by atoms with Crippen molar-refractivity contribution in [1.82, 2.24) is 5.32 Å². The Morgan fingerprint density at radius 2 is 0.967 bits per heavy atom. The Morgan fingerprint density at radius 3 is 1.38 bits per heavy atom. The molecule has 11 heteroatoms. The molecule has 1 aliphatic rings. The lowest BCUT2D eigenvalue weighted by molar-refractivity contribution is -0.303. The monoisotopic (exact) mass is 860 g/mol. The van der Waals surface area contributed by atoms with Crippen LogP contribution in [0.4, 0.5) is 0 Å². The van der Waals surface area contributed by atoms with Crippen molar-refractivity contribution in [3.8, 4) is 0 Å². The summed E-state index contributed by atoms with van der Waals surface area (Å²) in [7, 11) is 0. The van der Waals surface area contributed by atoms with Crippen molar-refractivity contribution in [3.63, 3.8) is 0 Å². The molecule has 0 aromatic carbocycles. The predicted molar refractivity (Wildman–Crippen MR) is 243 cm³/mol. The fourth-order valence-electron chi connectivity index (χ4n) is 8.36. The van der Waals surface area contributed by atoms with Gasteiger partial charge >= 0.3 is 0 Å². The summed E-state index contributed by atoms with van der Waals surface area (Å²) < 4.78 is 11.1. The van der Waals surface area contributed by atoms with E-state index in [2.05, 4.69) is 26.1 Å². The van der Waals surface area contributed by atoms with E-state index in [1.165, 1.54) is 148 Å². The first kappa shape index (κ1) is 57.1. The minimum absolute atomic E-state index is 0.266. The molecule has 1 amide bonds. The largest absolute Gasteiger partial charge is 0.394 e. The first-order valence-corrected chi connectivity index (χ1v) is 25.3. The Balaban J connectivity index is 2.37. The second-order valence-corrected chi connectivity index (χ2v) is 18.5. The van der Waals surface area contributed by atoms with Crippen LogP contribution >= 0.6 is 0 Å². The number of hydrogen-bond donors (Lipinski definition) is 8. The summed E-state index contributed by atoms with van der Waals surface area (Å²) in [4.78, 5) is 13.1. The van der Waals surface area contributed by atoms with Crippen molar-refractivity contribution in [2.24, 2.45) is 5.92 Å². The van der Waals surface area contributed by atoms with Crippen LogP contribution in [0.2, 0.25) is 0 Å². The zero-order valence-electron chi connectivity index (χ0n) is 38.9. The number of amides is 1. The SMILES string of the molecule is CCCCCCCCCCCCCCCCCCCCCC[C@@H](O)C(=O)N[C@@H](CO[C@@H]1O[C@H](CO)[C@H](O)[C@H](O)[C@H]1O)[C@H](O)[C@H](O)CCCCCCCCCCCC(C)CC. The van der Waals surface area contributed by atoms with Crippen LogP contribution in [0, 0.1) is 5.92 Å². The molecule has 60 heavy (non-hydrogen) atoms. The van der Waals surface area contributed by atoms with E-state index in [0.717, 1.165) is 44.4 Å². The second-order valence-electron chi connectivity index (χ2n) is 18.5. The van der Waals surface area contributed by atoms with Crippen molar-refractivity contribution in [1.29, 1.82) is 0 Å². The van der Waals surface area contributed by atoms with Crippen molar-refractivity contribution in [2.75, 3.05) is 13.2 Å². The smallest absolute Gasteiger partial charge is 0.249 e. The molecule has 0 radical (unpaired) electrons. The quantitative estimate of drug-likeness (QED) is 0.0275. The first-order valence-electron chi connectivity index (χ1n) is 25.3. The molecular formula is C49H97NO10. The van der Waals surface area contributed by atoms with Gasteiger partial charge < -0.3 is 50.5 Å². The number of carbonyl (C=O) groups is 1. The zero-order valence-corrected chi connectivity index (χ0v) is 38.9. The summed E-state index contributed by atoms with van der Waals surface area (Å²) in [6, 6.07) is -1.16. The summed E-state index contributed by atoms with van der Waals surface area (Å²) in [5.41, 5.74) is 0. The molecule has 0 aromatic heterocycles. The third-order valence-corrected chi connectivity index (χ3v) is 13.0. The fourth-order valence-corrected chi connectivity index (χ4v) is 8.36. The molecule has 1 rings (SSSR count). The number of rotatable bonds is 42. The summed E-state index contributed by atoms with van der Waals surface area (Å²) >= 11 is 0. The lowest BCUT2D eigenvalue weighted by atomic mass is 9.98. The Hall–Kier alpha value is -0.890. The van der Waals surface area contributed by atoms with E-state index in [1.54, 1.807) is 0 Å². The molecule has 1 fully saturated rings. The number of carbonyl (C=O) groups excluding carboxylic acids is 1. The van der Waals surface area contributed by atoms with Gasteiger partial charge in [0.05, 0.1) is 25.4 Å². The molecule has 0 spiro atoms. The van der Waals surface area contributed by atoms with Gasteiger partial charge in [0.25, 0.3) is 0 Å². The van der Waals surface area contributed by atoms with Gasteiger partial charge in [-0.15, -0.1) is 0 Å². The van der Waals surface area contributed by atoms with Crippen LogP contribution < -0.4 is 5.32 Å². The van der Waals surface area contributed by atoms with E-state index in [1.807, 2.05) is 0 Å². The number of aliphatic hydroxyl groups excluding tert-OH is 7. The highest BCUT2D eigenvalue weighted by Gasteiger charge is 2.44. The van der Waals surface area contributed by atoms with Crippen LogP contribution in [0.1, 0.15) is 233 Å². The van der Waals surface area contributed by atoms with Crippen LogP contribution in [0.25, 0.3) is 0 Å². The minimum Gasteiger partial charge on any atom is -0.394 e. The molecule has 0 bridgehead atoms. The summed E-state index contributed by atoms with van der Waals surface area (Å²) in [6.45, 7) is 5.79. The number of ether oxygens (including phenoxy) is 2. The van der Waals surface area contributed by atoms with Gasteiger partial charge in [-0.2, -0.15) is 0 Å². The summed E-state index contributed by atoms with van der Waals surface area (Å²) in [5.74, 6) is 0.122. The molecule has 1 heterocycles. The Labute approximate surface area is 367 Å². The normalized spacial score (nSPS) is 22.1. The lowest BCUT2D eigenvalue weighted by Gasteiger charge is -2.40. The van der Waals surface area contributed by atoms with Crippen LogP contribution in [0.15, 0.2) is 0 Å². The highest BCUT2D eigenvalue weighted by Crippen LogP contribution is 2.23. The van der Waals surface area contributed by atoms with Crippen molar-refractivity contribution < 1.29 is 50.0 Å². The molecule has 1 saturated heterocycles. The maximum atomic E-state index is 13.1. The summed E-state index contributed by atoms with van der Waals surface area (Å²) in [5, 5.41) is 75.8. The van der Waals surface area contributed by atoms with E-state index in [0.29, 0.717) is 19.3 Å². The molecule has 0 aliphatic carbocycles. The number of unbranched alkanes of at least 4 members (excludes halogenated alkanes) is 27. The zero-order chi connectivity index (χ0) is 44.2. The molecular weight excluding hydrogens is 763 g/mol. The molecule has 8 N–H and O–H groups in total. The van der Waals surface area contributed by atoms with Gasteiger partial charge in [-0.25, -0.2) is 0 Å². The lowest BCUT2D eigenvalue weighted by Crippen LogP contribution is -2.60. The highest BCUT2D eigenvalue weighted by molar-refractivity contribution is 5.80. The van der Waals surface area contributed by atoms with Crippen LogP contribution in [-0.2, 0) is 14.3 Å². The van der Waals surface area contributed by atoms with E-state index < -0.39 is 74.2 Å². The summed E-state index contributed by atoms with van der Waals surface area (Å²) in [6.07, 6.45) is 27.2. The first-order chi connectivity index (χ1) is 29.1. The van der Waals surface area contributed by atoms with Gasteiger partial charge in [-0.05, 0) is 18.8 Å². The maximum absolute atomic E-state index is 13.1. The molecule has 358 valence electrons. The van der Waals surface area contributed by atoms with Crippen LogP contribution in [-0.4, -0.2) is 110 Å². The third kappa shape index (κ3) is 28.0. The van der Waals surface area contributed by atoms with E-state index in [-0.39, 0.29) is 6.42 Å². The molecule has 10 atom stereocenters. The second kappa shape index (κ2) is 38.6. The minimum atomic E-state index is -1.66. The van der Waals surface area contributed by atoms with Crippen LogP contribution in [0.3, 0.4) is 0 Å². The number of aliphatic hydroxyl groups is 7. The molecule has 1 aliphatic heterocycles. The Bertz CT molecular complexity index is 959. The Morgan fingerprint density at radius 1 is 0.567 bits per heavy atom. The maximum Gasteiger partial charge on any atom is 0.249 e. The highest BCUT2D eigenvalue weighted by atomic mass is 16.7. The van der Waals surface area contributed by atoms with E-state index >= 15 is 0 Å². The van der Waals surface area contributed by atoms with Gasteiger partial charge in [0.2, 0.25) is 5.91 Å². The van der Waals surface area contributed by atoms with Gasteiger partial charge in [-0.1, -0.05) is 220 Å². The van der Waals surface area contributed by atoms with Crippen molar-refractivity contribution in [3.05, 3.63) is 0 Å². The van der Waals surface area contributed by atoms with Crippen molar-refractivity contribution >= 4 is 5.91 Å². The van der Waals surface area contributed by atoms with Crippen LogP contribution in [0.5, 0.6) is 0 Å². The van der Waals surface area contributed by atoms with Gasteiger partial charge in [0.1, 0.15) is 36.6 Å². The van der Waals surface area contributed by atoms with E-state index in [4.69, 9.17) is 9.47 Å². The fraction of sp³-hybridized carbons (Fsp3) is 0.980. The third-order valence-electron chi connectivity index (χ3n) is 13.0. The Kier molecular flexibility index (Phi) is 36.7. The molecule has 0 aromatic rings. The van der Waals surface area contributed by atoms with E-state index in [9.17, 15) is 40.5 Å². The average molecular weight is 860 g/mol.